The standard InChI is InChI=1S/C10H7F6NO2.C6H7F3O3.C6H7F3O2/c1-2-19-8(18)5-3-4-6(9(11,12)13)17-7(5)10(14,15)16;1-2-12-5(11)3-4(10)6(7,8)9;1-2-11-4-3-5(10)6(7,8)9/h3-4H,2H2,1H3;2-3H2,1H3;3-4H,2H2,1H3/b;;4-3+. The van der Waals surface area contributed by atoms with E-state index in [1.807, 2.05) is 0 Å². The van der Waals surface area contributed by atoms with Crippen molar-refractivity contribution in [3.8, 4) is 0 Å². The molecule has 240 valence electrons. The molecule has 0 unspecified atom stereocenters. The van der Waals surface area contributed by atoms with Crippen molar-refractivity contribution >= 4 is 23.5 Å². The van der Waals surface area contributed by atoms with Gasteiger partial charge in [-0.15, -0.1) is 0 Å². The maximum atomic E-state index is 12.6. The minimum absolute atomic E-state index is 0.0377. The van der Waals surface area contributed by atoms with Gasteiger partial charge in [0.2, 0.25) is 5.78 Å². The number of allylic oxidation sites excluding steroid dienone is 1. The fourth-order valence-corrected chi connectivity index (χ4v) is 1.95. The zero-order chi connectivity index (χ0) is 33.5. The number of ketones is 2. The summed E-state index contributed by atoms with van der Waals surface area (Å²) in [5.41, 5.74) is -4.70. The predicted octanol–water partition coefficient (Wildman–Crippen LogP) is 6.03. The number of hydrogen-bond donors (Lipinski definition) is 0. The minimum atomic E-state index is -5.19. The summed E-state index contributed by atoms with van der Waals surface area (Å²) in [7, 11) is 0. The second kappa shape index (κ2) is 17.2. The Morgan fingerprint density at radius 1 is 0.738 bits per heavy atom. The summed E-state index contributed by atoms with van der Waals surface area (Å²) in [4.78, 5) is 44.2. The molecule has 0 aliphatic carbocycles. The molecule has 0 aromatic carbocycles. The van der Waals surface area contributed by atoms with Crippen molar-refractivity contribution < 1.29 is 86.1 Å². The Morgan fingerprint density at radius 2 is 1.26 bits per heavy atom. The van der Waals surface area contributed by atoms with E-state index in [0.717, 1.165) is 6.26 Å². The summed E-state index contributed by atoms with van der Waals surface area (Å²) in [6.45, 7) is 4.38. The highest BCUT2D eigenvalue weighted by molar-refractivity contribution is 5.98. The third kappa shape index (κ3) is 16.4. The van der Waals surface area contributed by atoms with Gasteiger partial charge in [-0.05, 0) is 32.9 Å². The number of carbonyl (C=O) groups excluding carboxylic acids is 4. The van der Waals surface area contributed by atoms with Gasteiger partial charge in [0.05, 0.1) is 31.6 Å². The summed E-state index contributed by atoms with van der Waals surface area (Å²) in [5, 5.41) is 0. The molecule has 0 radical (unpaired) electrons. The van der Waals surface area contributed by atoms with Crippen LogP contribution in [0, 0.1) is 0 Å². The number of alkyl halides is 12. The Hall–Kier alpha value is -3.87. The molecule has 42 heavy (non-hydrogen) atoms. The maximum Gasteiger partial charge on any atom is 0.454 e. The molecule has 0 saturated heterocycles. The number of Topliss-reactive ketones (excluding diaryl/α,β-unsaturated/α-hetero) is 1. The SMILES string of the molecule is CCO/C=C/C(=O)C(F)(F)F.CCOC(=O)CC(=O)C(F)(F)F.CCOC(=O)c1ccc(C(F)(F)F)nc1C(F)(F)F. The van der Waals surface area contributed by atoms with Crippen LogP contribution < -0.4 is 0 Å². The van der Waals surface area contributed by atoms with Crippen LogP contribution in [-0.4, -0.2) is 60.7 Å². The van der Waals surface area contributed by atoms with Crippen LogP contribution in [0.5, 0.6) is 0 Å². The second-order valence-corrected chi connectivity index (χ2v) is 6.83. The Balaban J connectivity index is 0. The molecule has 20 heteroatoms. The molecule has 1 heterocycles. The molecule has 1 aromatic heterocycles. The van der Waals surface area contributed by atoms with E-state index in [-0.39, 0.29) is 19.8 Å². The van der Waals surface area contributed by atoms with Crippen LogP contribution in [0.15, 0.2) is 24.5 Å². The Bertz CT molecular complexity index is 1080. The third-order valence-corrected chi connectivity index (χ3v) is 3.64. The van der Waals surface area contributed by atoms with E-state index in [4.69, 9.17) is 0 Å². The number of carbonyl (C=O) groups is 4. The summed E-state index contributed by atoms with van der Waals surface area (Å²) in [6, 6.07) is 0.693. The number of esters is 2. The van der Waals surface area contributed by atoms with Gasteiger partial charge in [-0.25, -0.2) is 9.78 Å². The molecule has 0 atom stereocenters. The predicted molar refractivity (Wildman–Crippen MR) is 114 cm³/mol. The van der Waals surface area contributed by atoms with E-state index in [0.29, 0.717) is 18.2 Å². The van der Waals surface area contributed by atoms with Gasteiger partial charge in [-0.2, -0.15) is 52.7 Å². The van der Waals surface area contributed by atoms with Gasteiger partial charge >= 0.3 is 36.6 Å². The summed E-state index contributed by atoms with van der Waals surface area (Å²) < 4.78 is 156. The first-order valence-electron chi connectivity index (χ1n) is 10.9. The van der Waals surface area contributed by atoms with Crippen LogP contribution >= 0.6 is 0 Å². The van der Waals surface area contributed by atoms with Gasteiger partial charge < -0.3 is 14.2 Å². The number of pyridine rings is 1. The Morgan fingerprint density at radius 3 is 1.64 bits per heavy atom. The number of hydrogen-bond acceptors (Lipinski definition) is 8. The smallest absolute Gasteiger partial charge is 0.454 e. The van der Waals surface area contributed by atoms with Crippen molar-refractivity contribution in [2.45, 2.75) is 51.9 Å². The van der Waals surface area contributed by atoms with E-state index in [1.165, 1.54) is 13.8 Å². The molecule has 1 rings (SSSR count). The van der Waals surface area contributed by atoms with Crippen LogP contribution in [0.4, 0.5) is 52.7 Å². The van der Waals surface area contributed by atoms with Crippen molar-refractivity contribution in [3.05, 3.63) is 41.4 Å². The van der Waals surface area contributed by atoms with E-state index < -0.39 is 71.6 Å². The van der Waals surface area contributed by atoms with E-state index >= 15 is 0 Å². The van der Waals surface area contributed by atoms with E-state index in [1.54, 1.807) is 6.92 Å². The number of ether oxygens (including phenoxy) is 3. The highest BCUT2D eigenvalue weighted by atomic mass is 19.4. The molecule has 0 spiro atoms. The lowest BCUT2D eigenvalue weighted by molar-refractivity contribution is -0.174. The topological polar surface area (TPSA) is 109 Å². The normalized spacial score (nSPS) is 11.9. The number of nitrogens with zero attached hydrogens (tertiary/aromatic N) is 1. The van der Waals surface area contributed by atoms with Crippen molar-refractivity contribution in [1.82, 2.24) is 4.98 Å². The minimum Gasteiger partial charge on any atom is -0.501 e. The van der Waals surface area contributed by atoms with Gasteiger partial charge in [-0.3, -0.25) is 14.4 Å². The quantitative estimate of drug-likeness (QED) is 0.112. The van der Waals surface area contributed by atoms with Gasteiger partial charge in [0.15, 0.2) is 5.69 Å². The maximum absolute atomic E-state index is 12.6. The molecular weight excluding hydrogens is 618 g/mol. The van der Waals surface area contributed by atoms with Crippen LogP contribution in [0.3, 0.4) is 0 Å². The van der Waals surface area contributed by atoms with Crippen molar-refractivity contribution in [2.24, 2.45) is 0 Å². The monoisotopic (exact) mass is 639 g/mol. The average Bonchev–Trinajstić information content (AvgIpc) is 2.82. The third-order valence-electron chi connectivity index (χ3n) is 3.64. The highest BCUT2D eigenvalue weighted by Gasteiger charge is 2.42. The number of aromatic nitrogens is 1. The molecule has 0 N–H and O–H groups in total. The molecule has 0 bridgehead atoms. The second-order valence-electron chi connectivity index (χ2n) is 6.83. The van der Waals surface area contributed by atoms with Gasteiger partial charge in [0.25, 0.3) is 5.78 Å². The molecule has 0 fully saturated rings. The fourth-order valence-electron chi connectivity index (χ4n) is 1.95. The zero-order valence-electron chi connectivity index (χ0n) is 21.5. The first-order chi connectivity index (χ1) is 18.9. The lowest BCUT2D eigenvalue weighted by Crippen LogP contribution is -2.26. The van der Waals surface area contributed by atoms with Gasteiger partial charge in [0.1, 0.15) is 12.1 Å². The van der Waals surface area contributed by atoms with Crippen LogP contribution in [0.25, 0.3) is 0 Å². The van der Waals surface area contributed by atoms with Crippen LogP contribution in [0.1, 0.15) is 48.9 Å². The molecule has 0 aliphatic heterocycles. The highest BCUT2D eigenvalue weighted by Crippen LogP contribution is 2.35. The number of halogens is 12. The fraction of sp³-hybridized carbons (Fsp3) is 0.500. The Labute approximate surface area is 228 Å². The van der Waals surface area contributed by atoms with Crippen molar-refractivity contribution in [2.75, 3.05) is 19.8 Å². The zero-order valence-corrected chi connectivity index (χ0v) is 21.5. The van der Waals surface area contributed by atoms with Crippen LogP contribution in [-0.2, 0) is 40.9 Å². The summed E-state index contributed by atoms with van der Waals surface area (Å²) in [5.74, 6) is -6.53. The van der Waals surface area contributed by atoms with E-state index in [2.05, 4.69) is 19.2 Å². The largest absolute Gasteiger partial charge is 0.501 e. The molecule has 1 aromatic rings. The van der Waals surface area contributed by atoms with Crippen LogP contribution in [0.2, 0.25) is 0 Å². The molecule has 0 aliphatic rings. The summed E-state index contributed by atoms with van der Waals surface area (Å²) >= 11 is 0. The van der Waals surface area contributed by atoms with Gasteiger partial charge in [0, 0.05) is 6.08 Å². The summed E-state index contributed by atoms with van der Waals surface area (Å²) in [6.07, 6.45) is -20.1. The lowest BCUT2D eigenvalue weighted by atomic mass is 10.1. The van der Waals surface area contributed by atoms with E-state index in [9.17, 15) is 71.9 Å². The van der Waals surface area contributed by atoms with Crippen molar-refractivity contribution in [3.63, 3.8) is 0 Å². The van der Waals surface area contributed by atoms with Crippen molar-refractivity contribution in [1.29, 1.82) is 0 Å². The molecule has 0 amide bonds. The molecule has 0 saturated carbocycles. The van der Waals surface area contributed by atoms with Gasteiger partial charge in [-0.1, -0.05) is 0 Å². The Kier molecular flexibility index (Phi) is 16.5. The molecular formula is C22H21F12NO7. The lowest BCUT2D eigenvalue weighted by Gasteiger charge is -2.13. The average molecular weight is 639 g/mol. The first-order valence-corrected chi connectivity index (χ1v) is 10.9. The molecule has 8 nitrogen and oxygen atoms in total. The number of rotatable bonds is 8. The first kappa shape index (κ1) is 40.3.